The molecule has 0 amide bonds. The molecule has 0 unspecified atom stereocenters. The molecule has 0 aliphatic carbocycles. The first-order valence-electron chi connectivity index (χ1n) is 10.9. The second-order valence-electron chi connectivity index (χ2n) is 7.42. The van der Waals surface area contributed by atoms with Crippen LogP contribution in [0.4, 0.5) is 0 Å². The number of aryl methyl sites for hydroxylation is 1. The van der Waals surface area contributed by atoms with Crippen molar-refractivity contribution in [1.82, 2.24) is 4.98 Å². The summed E-state index contributed by atoms with van der Waals surface area (Å²) >= 11 is 6.25. The highest BCUT2D eigenvalue weighted by atomic mass is 35.5. The van der Waals surface area contributed by atoms with Gasteiger partial charge in [0, 0.05) is 16.9 Å². The van der Waals surface area contributed by atoms with Crippen LogP contribution in [0.5, 0.6) is 0 Å². The van der Waals surface area contributed by atoms with E-state index in [2.05, 4.69) is 18.8 Å². The minimum absolute atomic E-state index is 0.887. The summed E-state index contributed by atoms with van der Waals surface area (Å²) in [6.07, 6.45) is 23.6. The molecule has 0 atom stereocenters. The fraction of sp³-hybridized carbons (Fsp3) is 0.783. The molecule has 1 aromatic heterocycles. The first-order chi connectivity index (χ1) is 12.3. The molecule has 0 aliphatic heterocycles. The van der Waals surface area contributed by atoms with Crippen molar-refractivity contribution in [1.29, 1.82) is 0 Å². The molecule has 0 saturated carbocycles. The highest BCUT2D eigenvalue weighted by Crippen LogP contribution is 2.20. The normalized spacial score (nSPS) is 11.2. The molecule has 0 bridgehead atoms. The minimum Gasteiger partial charge on any atom is -0.261 e. The summed E-state index contributed by atoms with van der Waals surface area (Å²) in [7, 11) is 0. The summed E-state index contributed by atoms with van der Waals surface area (Å²) in [5.74, 6) is 0. The Morgan fingerprint density at radius 1 is 0.720 bits per heavy atom. The molecular weight excluding hydrogens is 326 g/mol. The second-order valence-corrected chi connectivity index (χ2v) is 7.82. The van der Waals surface area contributed by atoms with Crippen LogP contribution in [0.15, 0.2) is 12.3 Å². The van der Waals surface area contributed by atoms with Gasteiger partial charge in [-0.15, -0.1) is 0 Å². The Kier molecular flexibility index (Phi) is 14.1. The van der Waals surface area contributed by atoms with Crippen LogP contribution >= 0.6 is 11.6 Å². The van der Waals surface area contributed by atoms with Gasteiger partial charge >= 0.3 is 0 Å². The average molecular weight is 366 g/mol. The lowest BCUT2D eigenvalue weighted by Gasteiger charge is -2.08. The van der Waals surface area contributed by atoms with Gasteiger partial charge in [0.15, 0.2) is 0 Å². The number of rotatable bonds is 16. The van der Waals surface area contributed by atoms with Crippen molar-refractivity contribution in [3.05, 3.63) is 28.5 Å². The smallest absolute Gasteiger partial charge is 0.0471 e. The maximum Gasteiger partial charge on any atom is 0.0471 e. The zero-order chi connectivity index (χ0) is 18.2. The van der Waals surface area contributed by atoms with Gasteiger partial charge in [0.2, 0.25) is 0 Å². The maximum atomic E-state index is 6.25. The van der Waals surface area contributed by atoms with E-state index in [1.54, 1.807) is 0 Å². The Morgan fingerprint density at radius 2 is 1.20 bits per heavy atom. The summed E-state index contributed by atoms with van der Waals surface area (Å²) in [6, 6.07) is 1.91. The molecule has 1 aromatic rings. The van der Waals surface area contributed by atoms with Crippen molar-refractivity contribution in [3.63, 3.8) is 0 Å². The van der Waals surface area contributed by atoms with Gasteiger partial charge < -0.3 is 0 Å². The van der Waals surface area contributed by atoms with Crippen LogP contribution in [-0.2, 0) is 12.8 Å². The minimum atomic E-state index is 0.887. The number of halogens is 1. The lowest BCUT2D eigenvalue weighted by atomic mass is 10.0. The monoisotopic (exact) mass is 365 g/mol. The predicted octanol–water partition coefficient (Wildman–Crippen LogP) is 8.32. The van der Waals surface area contributed by atoms with Crippen LogP contribution in [0, 0.1) is 0 Å². The van der Waals surface area contributed by atoms with E-state index in [1.165, 1.54) is 101 Å². The molecule has 0 saturated heterocycles. The summed E-state index contributed by atoms with van der Waals surface area (Å²) in [6.45, 7) is 4.45. The fourth-order valence-electron chi connectivity index (χ4n) is 3.58. The number of hydrogen-bond donors (Lipinski definition) is 0. The molecule has 0 aromatic carbocycles. The maximum absolute atomic E-state index is 6.25. The SMILES string of the molecule is CCCCCCCCCCCCCCCCc1nccc(Cl)c1CC. The summed E-state index contributed by atoms with van der Waals surface area (Å²) in [5, 5.41) is 0.887. The topological polar surface area (TPSA) is 12.9 Å². The molecule has 144 valence electrons. The van der Waals surface area contributed by atoms with Crippen LogP contribution in [0.3, 0.4) is 0 Å². The van der Waals surface area contributed by atoms with Gasteiger partial charge in [0.25, 0.3) is 0 Å². The molecule has 0 radical (unpaired) electrons. The van der Waals surface area contributed by atoms with Crippen LogP contribution < -0.4 is 0 Å². The van der Waals surface area contributed by atoms with Gasteiger partial charge in [0.05, 0.1) is 0 Å². The van der Waals surface area contributed by atoms with Crippen molar-refractivity contribution in [2.45, 2.75) is 117 Å². The number of unbranched alkanes of at least 4 members (excludes halogenated alkanes) is 13. The number of hydrogen-bond acceptors (Lipinski definition) is 1. The molecule has 0 spiro atoms. The van der Waals surface area contributed by atoms with Crippen molar-refractivity contribution >= 4 is 11.6 Å². The first kappa shape index (κ1) is 22.5. The van der Waals surface area contributed by atoms with Crippen molar-refractivity contribution in [3.8, 4) is 0 Å². The lowest BCUT2D eigenvalue weighted by Crippen LogP contribution is -1.98. The van der Waals surface area contributed by atoms with Crippen LogP contribution in [-0.4, -0.2) is 4.98 Å². The summed E-state index contributed by atoms with van der Waals surface area (Å²) < 4.78 is 0. The summed E-state index contributed by atoms with van der Waals surface area (Å²) in [4.78, 5) is 4.53. The zero-order valence-corrected chi connectivity index (χ0v) is 17.5. The molecule has 1 nitrogen and oxygen atoms in total. The van der Waals surface area contributed by atoms with E-state index in [9.17, 15) is 0 Å². The van der Waals surface area contributed by atoms with E-state index in [4.69, 9.17) is 11.6 Å². The van der Waals surface area contributed by atoms with E-state index in [1.807, 2.05) is 12.3 Å². The molecule has 25 heavy (non-hydrogen) atoms. The standard InChI is InChI=1S/C23H40ClN/c1-3-5-6-7-8-9-10-11-12-13-14-15-16-17-18-23-21(4-2)22(24)19-20-25-23/h19-20H,3-18H2,1-2H3. The molecule has 1 heterocycles. The highest BCUT2D eigenvalue weighted by Gasteiger charge is 2.06. The molecular formula is C23H40ClN. The molecule has 0 N–H and O–H groups in total. The Balaban J connectivity index is 1.90. The summed E-state index contributed by atoms with van der Waals surface area (Å²) in [5.41, 5.74) is 2.47. The third-order valence-corrected chi connectivity index (χ3v) is 5.56. The molecule has 0 fully saturated rings. The third-order valence-electron chi connectivity index (χ3n) is 5.21. The van der Waals surface area contributed by atoms with Gasteiger partial charge in [-0.1, -0.05) is 109 Å². The average Bonchev–Trinajstić information content (AvgIpc) is 2.62. The molecule has 1 rings (SSSR count). The van der Waals surface area contributed by atoms with Crippen molar-refractivity contribution in [2.75, 3.05) is 0 Å². The highest BCUT2D eigenvalue weighted by molar-refractivity contribution is 6.31. The number of nitrogens with zero attached hydrogens (tertiary/aromatic N) is 1. The van der Waals surface area contributed by atoms with Crippen molar-refractivity contribution in [2.24, 2.45) is 0 Å². The van der Waals surface area contributed by atoms with E-state index < -0.39 is 0 Å². The number of pyridine rings is 1. The van der Waals surface area contributed by atoms with Crippen LogP contribution in [0.2, 0.25) is 5.02 Å². The van der Waals surface area contributed by atoms with E-state index in [0.29, 0.717) is 0 Å². The van der Waals surface area contributed by atoms with Crippen LogP contribution in [0.1, 0.15) is 115 Å². The third kappa shape index (κ3) is 10.9. The van der Waals surface area contributed by atoms with E-state index >= 15 is 0 Å². The van der Waals surface area contributed by atoms with Gasteiger partial charge in [-0.05, 0) is 30.9 Å². The van der Waals surface area contributed by atoms with Gasteiger partial charge in [-0.2, -0.15) is 0 Å². The van der Waals surface area contributed by atoms with E-state index in [-0.39, 0.29) is 0 Å². The van der Waals surface area contributed by atoms with Gasteiger partial charge in [-0.25, -0.2) is 0 Å². The Hall–Kier alpha value is -0.560. The second kappa shape index (κ2) is 15.7. The first-order valence-corrected chi connectivity index (χ1v) is 11.3. The molecule has 2 heteroatoms. The molecule has 0 aliphatic rings. The number of aromatic nitrogens is 1. The van der Waals surface area contributed by atoms with Crippen LogP contribution in [0.25, 0.3) is 0 Å². The quantitative estimate of drug-likeness (QED) is 0.268. The Morgan fingerprint density at radius 3 is 1.68 bits per heavy atom. The van der Waals surface area contributed by atoms with Gasteiger partial charge in [0.1, 0.15) is 0 Å². The lowest BCUT2D eigenvalue weighted by molar-refractivity contribution is 0.535. The zero-order valence-electron chi connectivity index (χ0n) is 16.8. The largest absolute Gasteiger partial charge is 0.261 e. The predicted molar refractivity (Wildman–Crippen MR) is 113 cm³/mol. The van der Waals surface area contributed by atoms with Gasteiger partial charge in [-0.3, -0.25) is 4.98 Å². The van der Waals surface area contributed by atoms with E-state index in [0.717, 1.165) is 17.9 Å². The fourth-order valence-corrected chi connectivity index (χ4v) is 3.88. The van der Waals surface area contributed by atoms with Crippen molar-refractivity contribution < 1.29 is 0 Å². The Labute approximate surface area is 162 Å². The Bertz CT molecular complexity index is 430.